The molecule has 2 aliphatic heterocycles. The summed E-state index contributed by atoms with van der Waals surface area (Å²) in [5.41, 5.74) is -7.11. The van der Waals surface area contributed by atoms with Crippen molar-refractivity contribution < 1.29 is 62.2 Å². The van der Waals surface area contributed by atoms with Gasteiger partial charge in [-0.3, -0.25) is 0 Å². The molecule has 3 aromatic rings. The van der Waals surface area contributed by atoms with E-state index in [9.17, 15) is 52.7 Å². The Morgan fingerprint density at radius 3 is 1.20 bits per heavy atom. The van der Waals surface area contributed by atoms with E-state index in [0.29, 0.717) is 37.1 Å². The Hall–Kier alpha value is -3.15. The SMILES string of the molecule is FC(F)(F)c1cc(P(c2cc(C(F)(F)F)cc(C(F)(F)F)c2)c2cc3ccc2OCCCCCCCCCO3)cc(C(F)(F)F)c1. The third-order valence-corrected chi connectivity index (χ3v) is 9.53. The van der Waals surface area contributed by atoms with E-state index in [-0.39, 0.29) is 42.2 Å². The predicted molar refractivity (Wildman–Crippen MR) is 148 cm³/mol. The van der Waals surface area contributed by atoms with Crippen LogP contribution in [0.15, 0.2) is 54.6 Å². The van der Waals surface area contributed by atoms with Gasteiger partial charge in [-0.1, -0.05) is 32.1 Å². The molecule has 252 valence electrons. The Labute approximate surface area is 257 Å². The topological polar surface area (TPSA) is 18.5 Å². The summed E-state index contributed by atoms with van der Waals surface area (Å²) < 4.78 is 178. The maximum atomic E-state index is 13.9. The van der Waals surface area contributed by atoms with Crippen LogP contribution >= 0.6 is 7.92 Å². The van der Waals surface area contributed by atoms with E-state index in [0.717, 1.165) is 32.1 Å². The molecule has 15 heteroatoms. The Morgan fingerprint density at radius 1 is 0.435 bits per heavy atom. The largest absolute Gasteiger partial charge is 0.494 e. The number of alkyl halides is 12. The van der Waals surface area contributed by atoms with Crippen molar-refractivity contribution in [2.75, 3.05) is 13.2 Å². The van der Waals surface area contributed by atoms with Gasteiger partial charge in [0.1, 0.15) is 11.5 Å². The summed E-state index contributed by atoms with van der Waals surface area (Å²) in [7, 11) is -2.97. The van der Waals surface area contributed by atoms with Gasteiger partial charge in [-0.05, 0) is 86.0 Å². The monoisotopic (exact) mass is 690 g/mol. The van der Waals surface area contributed by atoms with Gasteiger partial charge in [0.05, 0.1) is 35.5 Å². The van der Waals surface area contributed by atoms with Crippen LogP contribution in [0, 0.1) is 0 Å². The number of halogens is 12. The first kappa shape index (κ1) is 35.7. The van der Waals surface area contributed by atoms with Crippen LogP contribution in [0.1, 0.15) is 67.2 Å². The Bertz CT molecular complexity index is 1350. The van der Waals surface area contributed by atoms with E-state index in [1.807, 2.05) is 0 Å². The minimum atomic E-state index is -5.33. The van der Waals surface area contributed by atoms with E-state index < -0.39 is 65.5 Å². The molecule has 2 heterocycles. The minimum absolute atomic E-state index is 0.0309. The predicted octanol–water partition coefficient (Wildman–Crippen LogP) is 10.0. The molecule has 0 aromatic heterocycles. The summed E-state index contributed by atoms with van der Waals surface area (Å²) in [5.74, 6) is -0.0546. The normalized spacial score (nSPS) is 16.0. The standard InChI is InChI=1S/C31H27F12O2P/c32-28(33,34)19-12-20(29(35,36)37)15-24(14-19)46(25-16-21(30(38,39)40)13-22(17-25)31(41,42)43)27-18-23-8-9-26(27)45-11-7-5-3-1-2-4-6-10-44-23/h8-9,12-18H,1-7,10-11H2. The molecule has 0 N–H and O–H groups in total. The summed E-state index contributed by atoms with van der Waals surface area (Å²) in [4.78, 5) is 0. The van der Waals surface area contributed by atoms with E-state index in [1.54, 1.807) is 0 Å². The first-order valence-corrected chi connectivity index (χ1v) is 15.5. The fraction of sp³-hybridized carbons (Fsp3) is 0.419. The molecular formula is C31H27F12O2P. The zero-order valence-electron chi connectivity index (χ0n) is 23.9. The highest BCUT2D eigenvalue weighted by Crippen LogP contribution is 2.45. The average Bonchev–Trinajstić information content (AvgIpc) is 2.96. The van der Waals surface area contributed by atoms with Gasteiger partial charge < -0.3 is 9.47 Å². The van der Waals surface area contributed by atoms with Gasteiger partial charge in [0.2, 0.25) is 0 Å². The summed E-state index contributed by atoms with van der Waals surface area (Å²) in [5, 5.41) is -1.78. The van der Waals surface area contributed by atoms with Crippen LogP contribution in [0.2, 0.25) is 0 Å². The fourth-order valence-corrected chi connectivity index (χ4v) is 7.45. The second kappa shape index (κ2) is 13.9. The lowest BCUT2D eigenvalue weighted by Gasteiger charge is -2.26. The molecule has 0 fully saturated rings. The molecule has 0 saturated heterocycles. The highest BCUT2D eigenvalue weighted by Gasteiger charge is 2.41. The van der Waals surface area contributed by atoms with Gasteiger partial charge in [0, 0.05) is 5.30 Å². The van der Waals surface area contributed by atoms with Gasteiger partial charge in [-0.2, -0.15) is 52.7 Å². The third-order valence-electron chi connectivity index (χ3n) is 7.15. The Balaban J connectivity index is 2.06. The van der Waals surface area contributed by atoms with Crippen molar-refractivity contribution in [1.82, 2.24) is 0 Å². The van der Waals surface area contributed by atoms with E-state index in [4.69, 9.17) is 9.47 Å². The third kappa shape index (κ3) is 9.23. The minimum Gasteiger partial charge on any atom is -0.494 e. The van der Waals surface area contributed by atoms with Gasteiger partial charge >= 0.3 is 24.7 Å². The van der Waals surface area contributed by atoms with Crippen LogP contribution in [0.5, 0.6) is 11.5 Å². The van der Waals surface area contributed by atoms with Crippen LogP contribution < -0.4 is 25.4 Å². The number of hydrogen-bond acceptors (Lipinski definition) is 2. The van der Waals surface area contributed by atoms with Gasteiger partial charge in [-0.25, -0.2) is 0 Å². The van der Waals surface area contributed by atoms with Gasteiger partial charge in [0.25, 0.3) is 0 Å². The molecule has 0 amide bonds. The number of ether oxygens (including phenoxy) is 2. The zero-order valence-corrected chi connectivity index (χ0v) is 24.8. The van der Waals surface area contributed by atoms with Crippen LogP contribution in [0.25, 0.3) is 0 Å². The molecule has 0 saturated carbocycles. The van der Waals surface area contributed by atoms with Crippen molar-refractivity contribution in [2.24, 2.45) is 0 Å². The van der Waals surface area contributed by atoms with Crippen molar-refractivity contribution in [2.45, 2.75) is 69.7 Å². The van der Waals surface area contributed by atoms with Gasteiger partial charge in [-0.15, -0.1) is 0 Å². The van der Waals surface area contributed by atoms with Crippen LogP contribution in [0.3, 0.4) is 0 Å². The molecule has 5 rings (SSSR count). The molecule has 0 atom stereocenters. The lowest BCUT2D eigenvalue weighted by Crippen LogP contribution is -2.27. The van der Waals surface area contributed by atoms with E-state index >= 15 is 0 Å². The van der Waals surface area contributed by atoms with Crippen molar-refractivity contribution >= 4 is 23.8 Å². The summed E-state index contributed by atoms with van der Waals surface area (Å²) in [6, 6.07) is 4.83. The summed E-state index contributed by atoms with van der Waals surface area (Å²) >= 11 is 0. The summed E-state index contributed by atoms with van der Waals surface area (Å²) in [6.45, 7) is 0.199. The van der Waals surface area contributed by atoms with Crippen LogP contribution in [0.4, 0.5) is 52.7 Å². The number of fused-ring (bicyclic) bond motifs is 12. The maximum Gasteiger partial charge on any atom is 0.416 e. The smallest absolute Gasteiger partial charge is 0.416 e. The molecule has 0 unspecified atom stereocenters. The second-order valence-corrected chi connectivity index (χ2v) is 12.9. The molecule has 0 radical (unpaired) electrons. The lowest BCUT2D eigenvalue weighted by atomic mass is 10.1. The van der Waals surface area contributed by atoms with Gasteiger partial charge in [0.15, 0.2) is 0 Å². The highest BCUT2D eigenvalue weighted by molar-refractivity contribution is 7.80. The first-order chi connectivity index (χ1) is 21.3. The quantitative estimate of drug-likeness (QED) is 0.201. The van der Waals surface area contributed by atoms with E-state index in [1.165, 1.54) is 18.2 Å². The average molecular weight is 691 g/mol. The zero-order chi connectivity index (χ0) is 33.9. The fourth-order valence-electron chi connectivity index (χ4n) is 4.91. The Morgan fingerprint density at radius 2 is 0.804 bits per heavy atom. The molecule has 2 aliphatic rings. The molecule has 3 aromatic carbocycles. The molecule has 0 aliphatic carbocycles. The number of rotatable bonds is 3. The Kier molecular flexibility index (Phi) is 10.8. The van der Waals surface area contributed by atoms with Crippen molar-refractivity contribution in [1.29, 1.82) is 0 Å². The highest BCUT2D eigenvalue weighted by atomic mass is 31.1. The van der Waals surface area contributed by atoms with Crippen LogP contribution in [-0.2, 0) is 24.7 Å². The number of hydrogen-bond donors (Lipinski definition) is 0. The molecule has 0 spiro atoms. The number of benzene rings is 3. The lowest BCUT2D eigenvalue weighted by molar-refractivity contribution is -0.144. The molecule has 2 nitrogen and oxygen atoms in total. The molecule has 2 bridgehead atoms. The summed E-state index contributed by atoms with van der Waals surface area (Å²) in [6.07, 6.45) is -16.0. The molecule has 46 heavy (non-hydrogen) atoms. The maximum absolute atomic E-state index is 13.9. The first-order valence-electron chi connectivity index (χ1n) is 14.1. The van der Waals surface area contributed by atoms with E-state index in [2.05, 4.69) is 0 Å². The van der Waals surface area contributed by atoms with Crippen molar-refractivity contribution in [3.05, 3.63) is 76.9 Å². The van der Waals surface area contributed by atoms with Crippen molar-refractivity contribution in [3.63, 3.8) is 0 Å². The van der Waals surface area contributed by atoms with Crippen LogP contribution in [-0.4, -0.2) is 13.2 Å². The molecular weight excluding hydrogens is 663 g/mol. The second-order valence-electron chi connectivity index (χ2n) is 10.7. The van der Waals surface area contributed by atoms with Crippen molar-refractivity contribution in [3.8, 4) is 11.5 Å².